The minimum atomic E-state index is -3.10. The summed E-state index contributed by atoms with van der Waals surface area (Å²) in [6.07, 6.45) is 1.16. The average Bonchev–Trinajstić information content (AvgIpc) is 2.03. The predicted octanol–water partition coefficient (Wildman–Crippen LogP) is 1.26. The fourth-order valence-corrected chi connectivity index (χ4v) is 1.41. The normalized spacial score (nSPS) is 11.2. The topological polar surface area (TPSA) is 43.4 Å². The molecular weight excluding hydrogens is 176 g/mol. The molecule has 0 fully saturated rings. The molecule has 4 heteroatoms. The van der Waals surface area contributed by atoms with Gasteiger partial charge in [0.1, 0.15) is 12.9 Å². The number of hydrogen-bond donors (Lipinski definition) is 0. The third-order valence-electron chi connectivity index (χ3n) is 1.42. The molecule has 0 aliphatic carbocycles. The first-order valence-electron chi connectivity index (χ1n) is 3.26. The lowest BCUT2D eigenvalue weighted by atomic mass is 10.3. The fourth-order valence-electron chi connectivity index (χ4n) is 0.783. The van der Waals surface area contributed by atoms with Gasteiger partial charge in [-0.1, -0.05) is 0 Å². The smallest absolute Gasteiger partial charge is 0.175 e. The maximum absolute atomic E-state index is 11.0. The lowest BCUT2D eigenvalue weighted by Crippen LogP contribution is -1.96. The van der Waals surface area contributed by atoms with E-state index < -0.39 is 9.84 Å². The Morgan fingerprint density at radius 3 is 2.08 bits per heavy atom. The van der Waals surface area contributed by atoms with Crippen LogP contribution in [-0.2, 0) is 9.84 Å². The highest BCUT2D eigenvalue weighted by Crippen LogP contribution is 2.14. The van der Waals surface area contributed by atoms with Crippen LogP contribution in [0, 0.1) is 7.11 Å². The summed E-state index contributed by atoms with van der Waals surface area (Å²) < 4.78 is 26.6. The van der Waals surface area contributed by atoms with Gasteiger partial charge in [-0.05, 0) is 24.3 Å². The molecule has 3 nitrogen and oxygen atoms in total. The van der Waals surface area contributed by atoms with E-state index in [2.05, 4.69) is 11.8 Å². The summed E-state index contributed by atoms with van der Waals surface area (Å²) in [4.78, 5) is 0.281. The summed E-state index contributed by atoms with van der Waals surface area (Å²) in [6.45, 7) is 0. The van der Waals surface area contributed by atoms with Crippen molar-refractivity contribution in [2.75, 3.05) is 6.26 Å². The van der Waals surface area contributed by atoms with E-state index in [1.807, 2.05) is 0 Å². The van der Waals surface area contributed by atoms with Gasteiger partial charge in [-0.25, -0.2) is 8.42 Å². The van der Waals surface area contributed by atoms with Gasteiger partial charge in [-0.3, -0.25) is 0 Å². The second-order valence-electron chi connectivity index (χ2n) is 2.39. The van der Waals surface area contributed by atoms with Crippen LogP contribution in [0.25, 0.3) is 0 Å². The first-order chi connectivity index (χ1) is 5.54. The molecule has 1 radical (unpaired) electrons. The molecule has 0 aliphatic heterocycles. The zero-order valence-electron chi connectivity index (χ0n) is 6.65. The van der Waals surface area contributed by atoms with E-state index in [0.717, 1.165) is 6.26 Å². The van der Waals surface area contributed by atoms with E-state index in [0.29, 0.717) is 5.75 Å². The number of hydrogen-bond acceptors (Lipinski definition) is 3. The Bertz CT molecular complexity index is 350. The van der Waals surface area contributed by atoms with E-state index in [1.165, 1.54) is 12.1 Å². The second-order valence-corrected chi connectivity index (χ2v) is 4.40. The van der Waals surface area contributed by atoms with Crippen molar-refractivity contribution < 1.29 is 13.2 Å². The van der Waals surface area contributed by atoms with Gasteiger partial charge in [0.25, 0.3) is 0 Å². The van der Waals surface area contributed by atoms with E-state index >= 15 is 0 Å². The Morgan fingerprint density at radius 2 is 1.75 bits per heavy atom. The van der Waals surface area contributed by atoms with E-state index in [9.17, 15) is 8.42 Å². The van der Waals surface area contributed by atoms with Gasteiger partial charge in [-0.15, -0.1) is 0 Å². The zero-order chi connectivity index (χ0) is 9.19. The molecule has 1 aromatic rings. The first kappa shape index (κ1) is 9.06. The van der Waals surface area contributed by atoms with Crippen LogP contribution < -0.4 is 4.74 Å². The summed E-state index contributed by atoms with van der Waals surface area (Å²) in [7, 11) is 0.0946. The molecule has 0 bridgehead atoms. The third kappa shape index (κ3) is 1.98. The van der Waals surface area contributed by atoms with Crippen molar-refractivity contribution in [3.63, 3.8) is 0 Å². The van der Waals surface area contributed by atoms with Gasteiger partial charge in [0.15, 0.2) is 9.84 Å². The van der Waals surface area contributed by atoms with E-state index in [4.69, 9.17) is 0 Å². The number of benzene rings is 1. The van der Waals surface area contributed by atoms with Gasteiger partial charge in [0.2, 0.25) is 0 Å². The van der Waals surface area contributed by atoms with Crippen LogP contribution in [0.3, 0.4) is 0 Å². The van der Waals surface area contributed by atoms with Crippen LogP contribution in [0.5, 0.6) is 5.75 Å². The number of ether oxygens (including phenoxy) is 1. The minimum Gasteiger partial charge on any atom is -0.490 e. The Balaban J connectivity index is 3.09. The lowest BCUT2D eigenvalue weighted by Gasteiger charge is -2.00. The van der Waals surface area contributed by atoms with Gasteiger partial charge in [-0.2, -0.15) is 0 Å². The minimum absolute atomic E-state index is 0.281. The van der Waals surface area contributed by atoms with Crippen molar-refractivity contribution in [1.29, 1.82) is 0 Å². The monoisotopic (exact) mass is 185 g/mol. The maximum Gasteiger partial charge on any atom is 0.175 e. The fraction of sp³-hybridized carbons (Fsp3) is 0.125. The van der Waals surface area contributed by atoms with Crippen molar-refractivity contribution >= 4 is 9.84 Å². The Morgan fingerprint density at radius 1 is 1.25 bits per heavy atom. The number of sulfone groups is 1. The van der Waals surface area contributed by atoms with Crippen molar-refractivity contribution in [1.82, 2.24) is 0 Å². The largest absolute Gasteiger partial charge is 0.490 e. The molecule has 0 unspecified atom stereocenters. The van der Waals surface area contributed by atoms with Gasteiger partial charge < -0.3 is 4.74 Å². The summed E-state index contributed by atoms with van der Waals surface area (Å²) in [5.74, 6) is 0.544. The SMILES string of the molecule is [CH2]Oc1ccc(S(C)(=O)=O)cc1. The standard InChI is InChI=1S/C8H9O3S/c1-11-7-3-5-8(6-4-7)12(2,9)10/h3-6H,1H2,2H3. The van der Waals surface area contributed by atoms with Crippen molar-refractivity contribution in [2.24, 2.45) is 0 Å². The average molecular weight is 185 g/mol. The summed E-state index contributed by atoms with van der Waals surface area (Å²) >= 11 is 0. The van der Waals surface area contributed by atoms with Crippen LogP contribution in [0.4, 0.5) is 0 Å². The van der Waals surface area contributed by atoms with Gasteiger partial charge >= 0.3 is 0 Å². The molecule has 0 spiro atoms. The van der Waals surface area contributed by atoms with Crippen molar-refractivity contribution in [2.45, 2.75) is 4.90 Å². The lowest BCUT2D eigenvalue weighted by molar-refractivity contribution is 0.472. The van der Waals surface area contributed by atoms with Crippen molar-refractivity contribution in [3.05, 3.63) is 31.4 Å². The number of rotatable bonds is 2. The quantitative estimate of drug-likeness (QED) is 0.696. The summed E-state index contributed by atoms with van der Waals surface area (Å²) in [6, 6.07) is 6.08. The molecule has 12 heavy (non-hydrogen) atoms. The summed E-state index contributed by atoms with van der Waals surface area (Å²) in [5, 5.41) is 0. The molecule has 0 aromatic heterocycles. The molecular formula is C8H9O3S. The van der Waals surface area contributed by atoms with Crippen molar-refractivity contribution in [3.8, 4) is 5.75 Å². The Hall–Kier alpha value is -1.03. The zero-order valence-corrected chi connectivity index (χ0v) is 7.47. The highest BCUT2D eigenvalue weighted by molar-refractivity contribution is 7.90. The van der Waals surface area contributed by atoms with Gasteiger partial charge in [0, 0.05) is 6.26 Å². The molecule has 1 rings (SSSR count). The molecule has 0 N–H and O–H groups in total. The van der Waals surface area contributed by atoms with Crippen LogP contribution in [0.1, 0.15) is 0 Å². The molecule has 0 aliphatic rings. The molecule has 0 amide bonds. The maximum atomic E-state index is 11.0. The van der Waals surface area contributed by atoms with Crippen LogP contribution in [0.2, 0.25) is 0 Å². The first-order valence-corrected chi connectivity index (χ1v) is 5.15. The third-order valence-corrected chi connectivity index (χ3v) is 2.55. The molecule has 0 atom stereocenters. The Kier molecular flexibility index (Phi) is 2.38. The highest BCUT2D eigenvalue weighted by Gasteiger charge is 2.05. The highest BCUT2D eigenvalue weighted by atomic mass is 32.2. The Labute approximate surface area is 71.9 Å². The summed E-state index contributed by atoms with van der Waals surface area (Å²) in [5.41, 5.74) is 0. The van der Waals surface area contributed by atoms with Crippen LogP contribution >= 0.6 is 0 Å². The second kappa shape index (κ2) is 3.15. The van der Waals surface area contributed by atoms with Gasteiger partial charge in [0.05, 0.1) is 4.90 Å². The molecule has 0 saturated heterocycles. The van der Waals surface area contributed by atoms with Crippen LogP contribution in [-0.4, -0.2) is 14.7 Å². The molecule has 0 heterocycles. The molecule has 65 valence electrons. The van der Waals surface area contributed by atoms with Crippen LogP contribution in [0.15, 0.2) is 29.2 Å². The molecule has 1 aromatic carbocycles. The molecule has 0 saturated carbocycles. The predicted molar refractivity (Wildman–Crippen MR) is 45.5 cm³/mol. The van der Waals surface area contributed by atoms with E-state index in [1.54, 1.807) is 12.1 Å². The van der Waals surface area contributed by atoms with E-state index in [-0.39, 0.29) is 4.90 Å².